The van der Waals surface area contributed by atoms with Crippen LogP contribution in [0, 0.1) is 5.92 Å². The lowest BCUT2D eigenvalue weighted by Gasteiger charge is -2.31. The number of benzene rings is 1. The number of aliphatic hydroxyl groups excluding tert-OH is 1. The number of nitrogen functional groups attached to an aromatic ring is 1. The second-order valence-corrected chi connectivity index (χ2v) is 8.38. The van der Waals surface area contributed by atoms with E-state index in [1.54, 1.807) is 12.4 Å². The predicted molar refractivity (Wildman–Crippen MR) is 115 cm³/mol. The number of piperidine rings is 1. The fraction of sp³-hybridized carbons (Fsp3) is 0.455. The van der Waals surface area contributed by atoms with Gasteiger partial charge in [0, 0.05) is 31.0 Å². The normalized spacial score (nSPS) is 17.3. The molecule has 0 bridgehead atoms. The molecule has 4 rings (SSSR count). The van der Waals surface area contributed by atoms with Gasteiger partial charge in [0.25, 0.3) is 0 Å². The molecule has 3 aromatic rings. The average molecular weight is 409 g/mol. The molecule has 1 aromatic carbocycles. The number of nitrogens with zero attached hydrogens (tertiary/aromatic N) is 5. The van der Waals surface area contributed by atoms with Crippen molar-refractivity contribution in [3.05, 3.63) is 48.0 Å². The van der Waals surface area contributed by atoms with Gasteiger partial charge in [-0.1, -0.05) is 43.3 Å². The zero-order valence-corrected chi connectivity index (χ0v) is 17.6. The summed E-state index contributed by atoms with van der Waals surface area (Å²) in [6.07, 6.45) is 4.64. The summed E-state index contributed by atoms with van der Waals surface area (Å²) in [7, 11) is 0. The van der Waals surface area contributed by atoms with Crippen LogP contribution in [-0.2, 0) is 5.41 Å². The zero-order chi connectivity index (χ0) is 21.3. The van der Waals surface area contributed by atoms with Crippen LogP contribution in [0.3, 0.4) is 0 Å². The number of hydrogen-bond acceptors (Lipinski definition) is 8. The van der Waals surface area contributed by atoms with Gasteiger partial charge in [0.05, 0.1) is 11.5 Å². The number of rotatable bonds is 5. The second kappa shape index (κ2) is 8.02. The Morgan fingerprint density at radius 1 is 1.10 bits per heavy atom. The molecule has 1 saturated heterocycles. The van der Waals surface area contributed by atoms with Crippen molar-refractivity contribution in [2.24, 2.45) is 5.92 Å². The summed E-state index contributed by atoms with van der Waals surface area (Å²) in [5.41, 5.74) is 8.22. The summed E-state index contributed by atoms with van der Waals surface area (Å²) in [6, 6.07) is 8.83. The lowest BCUT2D eigenvalue weighted by Crippen LogP contribution is -2.36. The monoisotopic (exact) mass is 408 g/mol. The van der Waals surface area contributed by atoms with Gasteiger partial charge in [-0.25, -0.2) is 9.97 Å². The Hall–Kier alpha value is -3.00. The SMILES string of the molecule is CC(C)C(C)(c1ccc(-c2cnc(N)nc2)cc1)c1noc(N2CCC(O)CC2)n1. The first-order valence-corrected chi connectivity index (χ1v) is 10.3. The minimum absolute atomic E-state index is 0.241. The van der Waals surface area contributed by atoms with Crippen LogP contribution in [0.15, 0.2) is 41.2 Å². The van der Waals surface area contributed by atoms with Crippen LogP contribution in [0.5, 0.6) is 0 Å². The van der Waals surface area contributed by atoms with Crippen LogP contribution < -0.4 is 10.6 Å². The molecule has 1 fully saturated rings. The first kappa shape index (κ1) is 20.3. The fourth-order valence-electron chi connectivity index (χ4n) is 3.83. The van der Waals surface area contributed by atoms with Crippen LogP contribution in [0.4, 0.5) is 12.0 Å². The van der Waals surface area contributed by atoms with E-state index >= 15 is 0 Å². The molecule has 8 heteroatoms. The van der Waals surface area contributed by atoms with Crippen molar-refractivity contribution in [1.82, 2.24) is 20.1 Å². The molecule has 1 aliphatic heterocycles. The van der Waals surface area contributed by atoms with E-state index < -0.39 is 5.41 Å². The van der Waals surface area contributed by atoms with Crippen molar-refractivity contribution in [3.63, 3.8) is 0 Å². The van der Waals surface area contributed by atoms with E-state index in [2.05, 4.69) is 60.2 Å². The van der Waals surface area contributed by atoms with E-state index in [1.807, 2.05) is 4.90 Å². The summed E-state index contributed by atoms with van der Waals surface area (Å²) in [5, 5.41) is 14.1. The summed E-state index contributed by atoms with van der Waals surface area (Å²) in [4.78, 5) is 14.9. The largest absolute Gasteiger partial charge is 0.393 e. The van der Waals surface area contributed by atoms with Crippen molar-refractivity contribution in [2.45, 2.75) is 45.1 Å². The van der Waals surface area contributed by atoms with E-state index in [0.717, 1.165) is 42.6 Å². The summed E-state index contributed by atoms with van der Waals surface area (Å²) >= 11 is 0. The molecule has 0 spiro atoms. The first-order chi connectivity index (χ1) is 14.4. The molecule has 0 amide bonds. The maximum atomic E-state index is 9.74. The molecule has 8 nitrogen and oxygen atoms in total. The van der Waals surface area contributed by atoms with Crippen molar-refractivity contribution in [2.75, 3.05) is 23.7 Å². The average Bonchev–Trinajstić information content (AvgIpc) is 3.25. The molecule has 3 N–H and O–H groups in total. The highest BCUT2D eigenvalue weighted by molar-refractivity contribution is 5.62. The summed E-state index contributed by atoms with van der Waals surface area (Å²) in [6.45, 7) is 7.91. The van der Waals surface area contributed by atoms with Crippen molar-refractivity contribution in [1.29, 1.82) is 0 Å². The molecular weight excluding hydrogens is 380 g/mol. The Morgan fingerprint density at radius 3 is 2.33 bits per heavy atom. The standard InChI is InChI=1S/C22H28N6O2/c1-14(2)22(3,19-26-21(30-27-19)28-10-8-18(29)9-11-28)17-6-4-15(5-7-17)16-12-24-20(23)25-13-16/h4-7,12-14,18,29H,8-11H2,1-3H3,(H2,23,24,25). The van der Waals surface area contributed by atoms with E-state index in [1.165, 1.54) is 0 Å². The highest BCUT2D eigenvalue weighted by Gasteiger charge is 2.38. The van der Waals surface area contributed by atoms with Crippen molar-refractivity contribution >= 4 is 12.0 Å². The Balaban J connectivity index is 1.62. The van der Waals surface area contributed by atoms with E-state index in [0.29, 0.717) is 11.8 Å². The summed E-state index contributed by atoms with van der Waals surface area (Å²) in [5.74, 6) is 1.18. The van der Waals surface area contributed by atoms with Crippen LogP contribution in [-0.4, -0.2) is 44.4 Å². The number of aliphatic hydroxyl groups is 1. The van der Waals surface area contributed by atoms with Crippen molar-refractivity contribution < 1.29 is 9.63 Å². The Bertz CT molecular complexity index is 978. The smallest absolute Gasteiger partial charge is 0.324 e. The van der Waals surface area contributed by atoms with Crippen molar-refractivity contribution in [3.8, 4) is 11.1 Å². The van der Waals surface area contributed by atoms with Gasteiger partial charge in [0.15, 0.2) is 5.82 Å². The van der Waals surface area contributed by atoms with Crippen LogP contribution in [0.2, 0.25) is 0 Å². The quantitative estimate of drug-likeness (QED) is 0.662. The predicted octanol–water partition coefficient (Wildman–Crippen LogP) is 3.03. The maximum absolute atomic E-state index is 9.74. The Labute approximate surface area is 176 Å². The fourth-order valence-corrected chi connectivity index (χ4v) is 3.83. The molecular formula is C22H28N6O2. The number of anilines is 2. The summed E-state index contributed by atoms with van der Waals surface area (Å²) < 4.78 is 5.62. The van der Waals surface area contributed by atoms with Gasteiger partial charge in [-0.05, 0) is 36.8 Å². The third-order valence-corrected chi connectivity index (χ3v) is 6.26. The molecule has 30 heavy (non-hydrogen) atoms. The molecule has 158 valence electrons. The van der Waals surface area contributed by atoms with Gasteiger partial charge in [-0.3, -0.25) is 0 Å². The third-order valence-electron chi connectivity index (χ3n) is 6.26. The lowest BCUT2D eigenvalue weighted by atomic mass is 9.72. The van der Waals surface area contributed by atoms with E-state index in [-0.39, 0.29) is 18.0 Å². The molecule has 0 radical (unpaired) electrons. The number of aromatic nitrogens is 4. The lowest BCUT2D eigenvalue weighted by molar-refractivity contribution is 0.143. The maximum Gasteiger partial charge on any atom is 0.324 e. The third kappa shape index (κ3) is 3.75. The molecule has 1 unspecified atom stereocenters. The molecule has 1 atom stereocenters. The van der Waals surface area contributed by atoms with Crippen LogP contribution in [0.25, 0.3) is 11.1 Å². The molecule has 1 aliphatic rings. The highest BCUT2D eigenvalue weighted by Crippen LogP contribution is 2.39. The van der Waals surface area contributed by atoms with E-state index in [4.69, 9.17) is 15.2 Å². The highest BCUT2D eigenvalue weighted by atomic mass is 16.5. The molecule has 2 aromatic heterocycles. The van der Waals surface area contributed by atoms with Crippen LogP contribution >= 0.6 is 0 Å². The minimum Gasteiger partial charge on any atom is -0.393 e. The van der Waals surface area contributed by atoms with E-state index in [9.17, 15) is 5.11 Å². The first-order valence-electron chi connectivity index (χ1n) is 10.3. The minimum atomic E-state index is -0.410. The second-order valence-electron chi connectivity index (χ2n) is 8.38. The molecule has 0 aliphatic carbocycles. The zero-order valence-electron chi connectivity index (χ0n) is 17.6. The molecule has 0 saturated carbocycles. The molecule has 3 heterocycles. The van der Waals surface area contributed by atoms with Gasteiger partial charge in [-0.15, -0.1) is 0 Å². The van der Waals surface area contributed by atoms with Crippen LogP contribution in [0.1, 0.15) is 45.0 Å². The number of nitrogens with two attached hydrogens (primary N) is 1. The van der Waals surface area contributed by atoms with Gasteiger partial charge in [-0.2, -0.15) is 4.98 Å². The Morgan fingerprint density at radius 2 is 1.73 bits per heavy atom. The topological polar surface area (TPSA) is 114 Å². The van der Waals surface area contributed by atoms with Gasteiger partial charge in [0.1, 0.15) is 0 Å². The Kier molecular flexibility index (Phi) is 5.42. The van der Waals surface area contributed by atoms with Gasteiger partial charge >= 0.3 is 6.01 Å². The van der Waals surface area contributed by atoms with Gasteiger partial charge < -0.3 is 20.3 Å². The number of hydrogen-bond donors (Lipinski definition) is 2. The van der Waals surface area contributed by atoms with Gasteiger partial charge in [0.2, 0.25) is 5.95 Å².